The summed E-state index contributed by atoms with van der Waals surface area (Å²) in [6.07, 6.45) is 1.24. The first-order valence-corrected chi connectivity index (χ1v) is 16.1. The number of nitrogens with two attached hydrogens (primary N) is 1. The zero-order valence-electron chi connectivity index (χ0n) is 21.8. The van der Waals surface area contributed by atoms with Crippen LogP contribution in [0.2, 0.25) is 12.1 Å². The summed E-state index contributed by atoms with van der Waals surface area (Å²) >= 11 is 0. The van der Waals surface area contributed by atoms with E-state index in [0.717, 1.165) is 0 Å². The molecule has 10 nitrogen and oxygen atoms in total. The Kier molecular flexibility index (Phi) is 17.6. The van der Waals surface area contributed by atoms with E-state index >= 15 is 0 Å². The van der Waals surface area contributed by atoms with Crippen LogP contribution >= 0.6 is 0 Å². The summed E-state index contributed by atoms with van der Waals surface area (Å²) in [5.41, 5.74) is 5.71. The smallest absolute Gasteiger partial charge is 0.478 e. The molecule has 0 fully saturated rings. The van der Waals surface area contributed by atoms with E-state index in [0.29, 0.717) is 64.6 Å². The van der Waals surface area contributed by atoms with E-state index in [1.165, 1.54) is 0 Å². The van der Waals surface area contributed by atoms with Crippen molar-refractivity contribution in [3.63, 3.8) is 0 Å². The van der Waals surface area contributed by atoms with E-state index in [4.69, 9.17) is 32.3 Å². The van der Waals surface area contributed by atoms with E-state index in [1.807, 2.05) is 41.5 Å². The first kappa shape index (κ1) is 32.9. The van der Waals surface area contributed by atoms with E-state index < -0.39 is 29.5 Å². The van der Waals surface area contributed by atoms with Crippen molar-refractivity contribution >= 4 is 29.5 Å². The van der Waals surface area contributed by atoms with Gasteiger partial charge in [-0.15, -0.1) is 0 Å². The first-order valence-electron chi connectivity index (χ1n) is 12.3. The van der Waals surface area contributed by atoms with E-state index in [9.17, 15) is 14.7 Å². The van der Waals surface area contributed by atoms with E-state index in [1.54, 1.807) is 0 Å². The minimum atomic E-state index is -2.91. The Hall–Kier alpha value is -1.13. The van der Waals surface area contributed by atoms with Crippen molar-refractivity contribution in [2.75, 3.05) is 39.6 Å². The molecular formula is C22H45NO9Si2. The second kappa shape index (κ2) is 18.2. The molecule has 0 aliphatic rings. The van der Waals surface area contributed by atoms with Crippen LogP contribution in [0, 0.1) is 0 Å². The normalized spacial score (nSPS) is 13.1. The molecule has 0 aromatic rings. The molecule has 0 atom stereocenters. The standard InChI is InChI=1S/C22H45NO9Si2/c1-7-27-33(28-8-2,29-9-3)17-13-15-19(21(23)24)20(22(25)26)16-14-18-34(30-10-4,31-11-5)32-12-6/h7-18H2,1-6H3,(H2,23,24)(H,25,26)/b20-19-. The number of hydrogen-bond acceptors (Lipinski definition) is 8. The molecule has 1 amide bonds. The number of aliphatic carboxylic acids is 1. The molecule has 12 heteroatoms. The van der Waals surface area contributed by atoms with E-state index in [2.05, 4.69) is 0 Å². The van der Waals surface area contributed by atoms with Gasteiger partial charge in [0.1, 0.15) is 0 Å². The Morgan fingerprint density at radius 1 is 0.618 bits per heavy atom. The van der Waals surface area contributed by atoms with Crippen LogP contribution in [-0.4, -0.2) is 74.2 Å². The Morgan fingerprint density at radius 2 is 0.912 bits per heavy atom. The summed E-state index contributed by atoms with van der Waals surface area (Å²) in [7, 11) is -5.82. The lowest BCUT2D eigenvalue weighted by molar-refractivity contribution is -0.133. The molecule has 0 heterocycles. The number of carbonyl (C=O) groups excluding carboxylic acids is 1. The Bertz CT molecular complexity index is 545. The van der Waals surface area contributed by atoms with Gasteiger partial charge >= 0.3 is 23.6 Å². The highest BCUT2D eigenvalue weighted by Gasteiger charge is 2.41. The van der Waals surface area contributed by atoms with Gasteiger partial charge in [0.25, 0.3) is 0 Å². The quantitative estimate of drug-likeness (QED) is 0.161. The molecule has 0 aliphatic carbocycles. The van der Waals surface area contributed by atoms with Crippen LogP contribution in [0.4, 0.5) is 0 Å². The first-order chi connectivity index (χ1) is 16.2. The van der Waals surface area contributed by atoms with Gasteiger partial charge in [0.05, 0.1) is 0 Å². The van der Waals surface area contributed by atoms with Gasteiger partial charge in [-0.05, 0) is 67.2 Å². The van der Waals surface area contributed by atoms with Crippen molar-refractivity contribution in [1.29, 1.82) is 0 Å². The molecule has 0 bridgehead atoms. The average Bonchev–Trinajstić information content (AvgIpc) is 2.76. The van der Waals surface area contributed by atoms with Gasteiger partial charge < -0.3 is 37.4 Å². The number of hydrogen-bond donors (Lipinski definition) is 2. The van der Waals surface area contributed by atoms with Crippen molar-refractivity contribution in [1.82, 2.24) is 0 Å². The van der Waals surface area contributed by atoms with Crippen LogP contribution in [-0.2, 0) is 36.1 Å². The highest BCUT2D eigenvalue weighted by atomic mass is 28.4. The fourth-order valence-corrected chi connectivity index (χ4v) is 9.00. The number of rotatable bonds is 22. The van der Waals surface area contributed by atoms with Crippen LogP contribution in [0.3, 0.4) is 0 Å². The maximum atomic E-state index is 12.2. The monoisotopic (exact) mass is 523 g/mol. The number of carboxylic acids is 1. The van der Waals surface area contributed by atoms with E-state index in [-0.39, 0.29) is 24.0 Å². The van der Waals surface area contributed by atoms with Crippen LogP contribution in [0.15, 0.2) is 11.1 Å². The second-order valence-electron chi connectivity index (χ2n) is 7.30. The Labute approximate surface area is 206 Å². The number of carboxylic acid groups (broad SMARTS) is 1. The Morgan fingerprint density at radius 3 is 1.15 bits per heavy atom. The van der Waals surface area contributed by atoms with Gasteiger partial charge in [0.2, 0.25) is 5.91 Å². The number of amides is 1. The predicted octanol–water partition coefficient (Wildman–Crippen LogP) is 3.51. The number of carbonyl (C=O) groups is 2. The fourth-order valence-electron chi connectivity index (χ4n) is 3.78. The van der Waals surface area contributed by atoms with Crippen LogP contribution < -0.4 is 5.73 Å². The van der Waals surface area contributed by atoms with Crippen molar-refractivity contribution in [2.24, 2.45) is 5.73 Å². The lowest BCUT2D eigenvalue weighted by Gasteiger charge is -2.29. The highest BCUT2D eigenvalue weighted by molar-refractivity contribution is 6.61. The summed E-state index contributed by atoms with van der Waals surface area (Å²) in [5, 5.41) is 9.83. The molecule has 200 valence electrons. The largest absolute Gasteiger partial charge is 0.500 e. The zero-order valence-corrected chi connectivity index (χ0v) is 23.8. The van der Waals surface area contributed by atoms with Gasteiger partial charge in [-0.1, -0.05) is 0 Å². The second-order valence-corrected chi connectivity index (χ2v) is 12.8. The summed E-state index contributed by atoms with van der Waals surface area (Å²) in [6.45, 7) is 13.8. The molecule has 34 heavy (non-hydrogen) atoms. The molecule has 3 N–H and O–H groups in total. The maximum absolute atomic E-state index is 12.2. The molecular weight excluding hydrogens is 478 g/mol. The lowest BCUT2D eigenvalue weighted by atomic mass is 9.99. The highest BCUT2D eigenvalue weighted by Crippen LogP contribution is 2.26. The third-order valence-corrected chi connectivity index (χ3v) is 11.2. The Balaban J connectivity index is 5.55. The number of primary amides is 1. The van der Waals surface area contributed by atoms with Crippen molar-refractivity contribution in [3.05, 3.63) is 11.1 Å². The summed E-state index contributed by atoms with van der Waals surface area (Å²) < 4.78 is 35.0. The topological polar surface area (TPSA) is 136 Å². The van der Waals surface area contributed by atoms with Crippen LogP contribution in [0.5, 0.6) is 0 Å². The summed E-state index contributed by atoms with van der Waals surface area (Å²) in [5.74, 6) is -1.90. The molecule has 0 aromatic heterocycles. The van der Waals surface area contributed by atoms with Gasteiger partial charge in [-0.3, -0.25) is 4.79 Å². The predicted molar refractivity (Wildman–Crippen MR) is 133 cm³/mol. The lowest BCUT2D eigenvalue weighted by Crippen LogP contribution is -2.46. The SMILES string of the molecule is CCO[Si](CCC/C(C(N)=O)=C(\CCC[Si](OCC)(OCC)OCC)C(=O)O)(OCC)OCC. The maximum Gasteiger partial charge on any atom is 0.500 e. The average molecular weight is 524 g/mol. The zero-order chi connectivity index (χ0) is 26.0. The molecule has 0 rings (SSSR count). The minimum Gasteiger partial charge on any atom is -0.478 e. The third-order valence-electron chi connectivity index (χ3n) is 4.92. The third kappa shape index (κ3) is 11.5. The molecule has 0 saturated carbocycles. The van der Waals surface area contributed by atoms with Crippen molar-refractivity contribution in [2.45, 2.75) is 79.3 Å². The molecule has 0 spiro atoms. The molecule has 0 saturated heterocycles. The van der Waals surface area contributed by atoms with Crippen LogP contribution in [0.25, 0.3) is 0 Å². The van der Waals surface area contributed by atoms with Gasteiger partial charge in [-0.25, -0.2) is 4.79 Å². The fraction of sp³-hybridized carbons (Fsp3) is 0.818. The van der Waals surface area contributed by atoms with Crippen LogP contribution in [0.1, 0.15) is 67.2 Å². The van der Waals surface area contributed by atoms with Gasteiger partial charge in [0.15, 0.2) is 0 Å². The van der Waals surface area contributed by atoms with Crippen molar-refractivity contribution in [3.8, 4) is 0 Å². The summed E-state index contributed by atoms with van der Waals surface area (Å²) in [4.78, 5) is 24.2. The molecule has 0 unspecified atom stereocenters. The molecule has 0 radical (unpaired) electrons. The van der Waals surface area contributed by atoms with Crippen molar-refractivity contribution < 1.29 is 41.3 Å². The van der Waals surface area contributed by atoms with Gasteiger partial charge in [-0.2, -0.15) is 0 Å². The van der Waals surface area contributed by atoms with Gasteiger partial charge in [0, 0.05) is 62.9 Å². The minimum absolute atomic E-state index is 0.0105. The summed E-state index contributed by atoms with van der Waals surface area (Å²) in [6, 6.07) is 0.904. The molecule has 0 aliphatic heterocycles. The molecule has 0 aromatic carbocycles.